The molecule has 0 aromatic heterocycles. The highest BCUT2D eigenvalue weighted by molar-refractivity contribution is 8.00. The van der Waals surface area contributed by atoms with Crippen LogP contribution >= 0.6 is 12.2 Å². The van der Waals surface area contributed by atoms with Crippen LogP contribution in [0, 0.1) is 0 Å². The van der Waals surface area contributed by atoms with E-state index >= 15 is 0 Å². The van der Waals surface area contributed by atoms with Crippen molar-refractivity contribution in [1.82, 2.24) is 4.90 Å². The molecule has 21 heavy (non-hydrogen) atoms. The van der Waals surface area contributed by atoms with Crippen molar-refractivity contribution in [3.63, 3.8) is 0 Å². The average Bonchev–Trinajstić information content (AvgIpc) is 2.51. The van der Waals surface area contributed by atoms with Crippen LogP contribution in [0.3, 0.4) is 0 Å². The van der Waals surface area contributed by atoms with Crippen LogP contribution in [-0.2, 0) is 12.6 Å². The maximum absolute atomic E-state index is 5.32. The molecular weight excluding hydrogens is 296 g/mol. The van der Waals surface area contributed by atoms with Crippen molar-refractivity contribution < 1.29 is 5.32 Å². The van der Waals surface area contributed by atoms with E-state index in [1.54, 1.807) is 0 Å². The molecule has 2 aliphatic carbocycles. The van der Waals surface area contributed by atoms with Crippen molar-refractivity contribution in [3.8, 4) is 0 Å². The van der Waals surface area contributed by atoms with E-state index < -0.39 is 0 Å². The number of thiocarbonyl (C=S) groups is 1. The summed E-state index contributed by atoms with van der Waals surface area (Å²) < 4.78 is 0.735. The van der Waals surface area contributed by atoms with Crippen molar-refractivity contribution in [2.75, 3.05) is 13.1 Å². The Morgan fingerprint density at radius 1 is 0.905 bits per heavy atom. The van der Waals surface area contributed by atoms with Gasteiger partial charge in [0.05, 0.1) is 13.1 Å². The largest absolute Gasteiger partial charge is 0.411 e. The minimum Gasteiger partial charge on any atom is -0.411 e. The minimum absolute atomic E-state index is 0.668. The molecular formula is C17H34N2S2. The van der Waals surface area contributed by atoms with Crippen LogP contribution in [-0.4, -0.2) is 34.4 Å². The first-order valence-corrected chi connectivity index (χ1v) is 9.83. The summed E-state index contributed by atoms with van der Waals surface area (Å²) in [4.78, 5) is 2.43. The number of hydrogen-bond donors (Lipinski definition) is 1. The van der Waals surface area contributed by atoms with Crippen molar-refractivity contribution in [2.45, 2.75) is 90.1 Å². The van der Waals surface area contributed by atoms with Crippen LogP contribution in [0.25, 0.3) is 0 Å². The predicted molar refractivity (Wildman–Crippen MR) is 98.6 cm³/mol. The number of nitrogens with two attached hydrogens (primary N) is 1. The first-order chi connectivity index (χ1) is 10.2. The molecule has 2 nitrogen and oxygen atoms in total. The Labute approximate surface area is 142 Å². The fourth-order valence-electron chi connectivity index (χ4n) is 3.60. The molecule has 2 fully saturated rings. The van der Waals surface area contributed by atoms with Crippen LogP contribution in [0.15, 0.2) is 0 Å². The zero-order valence-electron chi connectivity index (χ0n) is 14.0. The molecule has 4 heteroatoms. The van der Waals surface area contributed by atoms with Gasteiger partial charge in [-0.3, -0.25) is 0 Å². The molecule has 0 heterocycles. The molecule has 2 N–H and O–H groups in total. The van der Waals surface area contributed by atoms with E-state index in [1.165, 1.54) is 77.3 Å². The van der Waals surface area contributed by atoms with Crippen LogP contribution in [0.4, 0.5) is 0 Å². The van der Waals surface area contributed by atoms with Crippen molar-refractivity contribution in [2.24, 2.45) is 0 Å². The van der Waals surface area contributed by atoms with Gasteiger partial charge in [-0.05, 0) is 39.5 Å². The summed E-state index contributed by atoms with van der Waals surface area (Å²) in [5, 5.41) is 2.25. The molecule has 2 rings (SSSR count). The fraction of sp³-hybridized carbons (Fsp3) is 0.941. The third-order valence-corrected chi connectivity index (χ3v) is 5.15. The van der Waals surface area contributed by atoms with Crippen molar-refractivity contribution in [1.29, 1.82) is 0 Å². The standard InChI is InChI=1S/C13H23NS2.C4H11N/c15-13(16)14(11-7-3-1-4-8-11)12-9-5-2-6-10-12;1-3-5-4-2/h11-12H,1-10H2,(H,15,16);5H,3-4H2,1-2H3. The van der Waals surface area contributed by atoms with Crippen LogP contribution < -0.4 is 5.32 Å². The van der Waals surface area contributed by atoms with Crippen LogP contribution in [0.5, 0.6) is 0 Å². The first-order valence-electron chi connectivity index (χ1n) is 9.01. The maximum Gasteiger partial charge on any atom is 0.0726 e. The van der Waals surface area contributed by atoms with E-state index in [0.717, 1.165) is 4.32 Å². The lowest BCUT2D eigenvalue weighted by atomic mass is 9.89. The lowest BCUT2D eigenvalue weighted by Crippen LogP contribution is -2.82. The molecule has 2 saturated carbocycles. The Balaban J connectivity index is 0.000000383. The molecule has 0 aromatic rings. The molecule has 0 spiro atoms. The van der Waals surface area contributed by atoms with Gasteiger partial charge in [0.1, 0.15) is 0 Å². The summed E-state index contributed by atoms with van der Waals surface area (Å²) >= 11 is 10.6. The first kappa shape index (κ1) is 19.1. The average molecular weight is 331 g/mol. The Kier molecular flexibility index (Phi) is 10.6. The van der Waals surface area contributed by atoms with Gasteiger partial charge in [0.2, 0.25) is 0 Å². The molecule has 0 bridgehead atoms. The summed E-state index contributed by atoms with van der Waals surface area (Å²) in [6.07, 6.45) is 13.5. The lowest BCUT2D eigenvalue weighted by Gasteiger charge is -2.45. The smallest absolute Gasteiger partial charge is 0.0726 e. The minimum atomic E-state index is 0.668. The van der Waals surface area contributed by atoms with Crippen molar-refractivity contribution in [3.05, 3.63) is 0 Å². The molecule has 2 aliphatic rings. The molecule has 124 valence electrons. The van der Waals surface area contributed by atoms with Crippen LogP contribution in [0.2, 0.25) is 0 Å². The van der Waals surface area contributed by atoms with E-state index in [-0.39, 0.29) is 0 Å². The van der Waals surface area contributed by atoms with E-state index in [4.69, 9.17) is 24.8 Å². The van der Waals surface area contributed by atoms with Gasteiger partial charge in [0, 0.05) is 12.1 Å². The summed E-state index contributed by atoms with van der Waals surface area (Å²) in [6.45, 7) is 6.75. The second kappa shape index (κ2) is 11.6. The second-order valence-electron chi connectivity index (χ2n) is 6.36. The van der Waals surface area contributed by atoms with Gasteiger partial charge in [-0.1, -0.05) is 42.8 Å². The Morgan fingerprint density at radius 2 is 1.29 bits per heavy atom. The van der Waals surface area contributed by atoms with Gasteiger partial charge in [-0.15, -0.1) is 0 Å². The molecule has 0 aliphatic heterocycles. The monoisotopic (exact) mass is 330 g/mol. The van der Waals surface area contributed by atoms with E-state index in [9.17, 15) is 0 Å². The topological polar surface area (TPSA) is 19.9 Å². The molecule has 0 radical (unpaired) electrons. The normalized spacial score (nSPS) is 20.5. The van der Waals surface area contributed by atoms with Gasteiger partial charge in [0.15, 0.2) is 0 Å². The predicted octanol–water partition coefficient (Wildman–Crippen LogP) is 3.38. The summed E-state index contributed by atoms with van der Waals surface area (Å²) in [5.41, 5.74) is 0. The Morgan fingerprint density at radius 3 is 1.52 bits per heavy atom. The third kappa shape index (κ3) is 7.25. The van der Waals surface area contributed by atoms with E-state index in [2.05, 4.69) is 24.1 Å². The zero-order chi connectivity index (χ0) is 15.5. The zero-order valence-corrected chi connectivity index (χ0v) is 15.6. The van der Waals surface area contributed by atoms with E-state index in [1.807, 2.05) is 0 Å². The van der Waals surface area contributed by atoms with Gasteiger partial charge in [-0.25, -0.2) is 0 Å². The van der Waals surface area contributed by atoms with Crippen LogP contribution in [0.1, 0.15) is 78.1 Å². The quantitative estimate of drug-likeness (QED) is 0.630. The summed E-state index contributed by atoms with van der Waals surface area (Å²) in [7, 11) is 0. The van der Waals surface area contributed by atoms with Crippen molar-refractivity contribution >= 4 is 29.2 Å². The number of nitrogens with zero attached hydrogens (tertiary/aromatic N) is 1. The van der Waals surface area contributed by atoms with Gasteiger partial charge < -0.3 is 35.1 Å². The highest BCUT2D eigenvalue weighted by atomic mass is 32.1. The Bertz CT molecular complexity index is 252. The van der Waals surface area contributed by atoms with E-state index in [0.29, 0.717) is 12.1 Å². The fourth-order valence-corrected chi connectivity index (χ4v) is 4.20. The second-order valence-corrected chi connectivity index (χ2v) is 7.39. The van der Waals surface area contributed by atoms with Gasteiger partial charge >= 0.3 is 0 Å². The summed E-state index contributed by atoms with van der Waals surface area (Å²) in [6, 6.07) is 1.34. The number of rotatable bonds is 4. The molecule has 0 amide bonds. The molecule has 0 saturated heterocycles. The summed E-state index contributed by atoms with van der Waals surface area (Å²) in [5.74, 6) is 0. The van der Waals surface area contributed by atoms with Gasteiger partial charge in [-0.2, -0.15) is 0 Å². The number of hydrogen-bond acceptors (Lipinski definition) is 2. The highest BCUT2D eigenvalue weighted by Gasteiger charge is 2.26. The third-order valence-electron chi connectivity index (χ3n) is 4.72. The molecule has 0 unspecified atom stereocenters. The Hall–Kier alpha value is 0.0700. The molecule has 0 atom stereocenters. The molecule has 0 aromatic carbocycles. The lowest BCUT2D eigenvalue weighted by molar-refractivity contribution is -0.648. The SMILES string of the molecule is CC[NH2+]CC.S=C([S-])N(C1CCCCC1)C1CCCCC1. The maximum atomic E-state index is 5.32. The van der Waals surface area contributed by atoms with Gasteiger partial charge in [0.25, 0.3) is 0 Å². The highest BCUT2D eigenvalue weighted by Crippen LogP contribution is 2.30. The number of quaternary nitrogens is 1.